The molecule has 1 aromatic heterocycles. The van der Waals surface area contributed by atoms with Crippen molar-refractivity contribution in [3.63, 3.8) is 0 Å². The Morgan fingerprint density at radius 3 is 2.82 bits per heavy atom. The Morgan fingerprint density at radius 2 is 2.29 bits per heavy atom. The molecular weight excluding hydrogens is 282 g/mol. The normalized spacial score (nSPS) is 22.9. The van der Waals surface area contributed by atoms with Crippen molar-refractivity contribution in [1.29, 1.82) is 0 Å². The Bertz CT molecular complexity index is 514. The van der Waals surface area contributed by atoms with Gasteiger partial charge < -0.3 is 4.57 Å². The number of aromatic nitrogens is 2. The number of imidazole rings is 1. The van der Waals surface area contributed by atoms with E-state index < -0.39 is 10.0 Å². The lowest BCUT2D eigenvalue weighted by molar-refractivity contribution is 0.366. The molecular formula is C9H14ClN3O2S2. The monoisotopic (exact) mass is 295 g/mol. The fraction of sp³-hybridized carbons (Fsp3) is 0.667. The van der Waals surface area contributed by atoms with Crippen molar-refractivity contribution in [2.75, 3.05) is 18.1 Å². The van der Waals surface area contributed by atoms with Crippen molar-refractivity contribution in [3.8, 4) is 0 Å². The maximum atomic E-state index is 12.4. The molecule has 5 nitrogen and oxygen atoms in total. The fourth-order valence-electron chi connectivity index (χ4n) is 1.75. The Morgan fingerprint density at radius 1 is 1.59 bits per heavy atom. The van der Waals surface area contributed by atoms with Crippen molar-refractivity contribution in [3.05, 3.63) is 11.5 Å². The van der Waals surface area contributed by atoms with Gasteiger partial charge in [-0.05, 0) is 6.92 Å². The number of nitrogens with zero attached hydrogens (tertiary/aromatic N) is 3. The molecule has 1 atom stereocenters. The minimum Gasteiger partial charge on any atom is -0.324 e. The number of hydrogen-bond donors (Lipinski definition) is 0. The van der Waals surface area contributed by atoms with Gasteiger partial charge in [-0.15, -0.1) is 0 Å². The standard InChI is InChI=1S/C9H14ClN3O2S2/c1-7-5-16-4-3-13(7)17(14,15)9-8(10)12(2)6-11-9/h6-7H,3-5H2,1-2H3. The van der Waals surface area contributed by atoms with E-state index in [4.69, 9.17) is 11.6 Å². The maximum Gasteiger partial charge on any atom is 0.263 e. The number of sulfonamides is 1. The van der Waals surface area contributed by atoms with Crippen LogP contribution >= 0.6 is 23.4 Å². The Balaban J connectivity index is 2.39. The maximum absolute atomic E-state index is 12.4. The Kier molecular flexibility index (Phi) is 3.72. The first-order valence-electron chi connectivity index (χ1n) is 5.21. The van der Waals surface area contributed by atoms with E-state index in [0.29, 0.717) is 6.54 Å². The van der Waals surface area contributed by atoms with E-state index in [-0.39, 0.29) is 16.2 Å². The van der Waals surface area contributed by atoms with E-state index in [1.54, 1.807) is 18.8 Å². The first-order valence-corrected chi connectivity index (χ1v) is 8.18. The van der Waals surface area contributed by atoms with Crippen LogP contribution in [0.4, 0.5) is 0 Å². The fourth-order valence-corrected chi connectivity index (χ4v) is 4.99. The summed E-state index contributed by atoms with van der Waals surface area (Å²) < 4.78 is 27.8. The van der Waals surface area contributed by atoms with Crippen LogP contribution in [0.3, 0.4) is 0 Å². The lowest BCUT2D eigenvalue weighted by Crippen LogP contribution is -2.44. The SMILES string of the molecule is CC1CSCCN1S(=O)(=O)c1ncn(C)c1Cl. The van der Waals surface area contributed by atoms with Crippen LogP contribution in [0.15, 0.2) is 11.4 Å². The molecule has 0 radical (unpaired) electrons. The first kappa shape index (κ1) is 13.2. The average molecular weight is 296 g/mol. The van der Waals surface area contributed by atoms with Crippen molar-refractivity contribution in [1.82, 2.24) is 13.9 Å². The van der Waals surface area contributed by atoms with Gasteiger partial charge in [-0.2, -0.15) is 16.1 Å². The molecule has 1 aliphatic rings. The summed E-state index contributed by atoms with van der Waals surface area (Å²) in [4.78, 5) is 3.89. The molecule has 0 saturated carbocycles. The molecule has 1 aromatic rings. The highest BCUT2D eigenvalue weighted by atomic mass is 35.5. The predicted molar refractivity (Wildman–Crippen MR) is 68.9 cm³/mol. The molecule has 0 bridgehead atoms. The highest BCUT2D eigenvalue weighted by Crippen LogP contribution is 2.27. The number of thioether (sulfide) groups is 1. The second-order valence-electron chi connectivity index (χ2n) is 3.99. The molecule has 17 heavy (non-hydrogen) atoms. The third-order valence-electron chi connectivity index (χ3n) is 2.69. The van der Waals surface area contributed by atoms with E-state index in [9.17, 15) is 8.42 Å². The van der Waals surface area contributed by atoms with Gasteiger partial charge in [0.05, 0.1) is 6.33 Å². The van der Waals surface area contributed by atoms with Gasteiger partial charge >= 0.3 is 0 Å². The Hall–Kier alpha value is -0.240. The average Bonchev–Trinajstić information content (AvgIpc) is 2.60. The van der Waals surface area contributed by atoms with Crippen LogP contribution in [0.5, 0.6) is 0 Å². The molecule has 0 aliphatic carbocycles. The molecule has 0 spiro atoms. The van der Waals surface area contributed by atoms with Crippen LogP contribution in [0.2, 0.25) is 5.15 Å². The van der Waals surface area contributed by atoms with Crippen molar-refractivity contribution in [2.45, 2.75) is 18.0 Å². The molecule has 96 valence electrons. The highest BCUT2D eigenvalue weighted by molar-refractivity contribution is 7.99. The number of aryl methyl sites for hydroxylation is 1. The quantitative estimate of drug-likeness (QED) is 0.823. The van der Waals surface area contributed by atoms with Gasteiger partial charge in [0, 0.05) is 31.1 Å². The Labute approximate surface area is 110 Å². The van der Waals surface area contributed by atoms with Crippen molar-refractivity contribution >= 4 is 33.4 Å². The molecule has 1 aliphatic heterocycles. The van der Waals surface area contributed by atoms with Crippen molar-refractivity contribution in [2.24, 2.45) is 7.05 Å². The molecule has 2 rings (SSSR count). The highest BCUT2D eigenvalue weighted by Gasteiger charge is 2.34. The summed E-state index contributed by atoms with van der Waals surface area (Å²) in [5, 5.41) is 0.121. The van der Waals surface area contributed by atoms with Gasteiger partial charge in [0.15, 0.2) is 0 Å². The largest absolute Gasteiger partial charge is 0.324 e. The third-order valence-corrected chi connectivity index (χ3v) is 6.39. The molecule has 0 amide bonds. The van der Waals surface area contributed by atoms with Gasteiger partial charge in [0.25, 0.3) is 10.0 Å². The topological polar surface area (TPSA) is 55.2 Å². The van der Waals surface area contributed by atoms with Gasteiger partial charge in [-0.25, -0.2) is 13.4 Å². The van der Waals surface area contributed by atoms with E-state index in [2.05, 4.69) is 4.98 Å². The van der Waals surface area contributed by atoms with Gasteiger partial charge in [-0.3, -0.25) is 0 Å². The van der Waals surface area contributed by atoms with Crippen LogP contribution in [-0.2, 0) is 17.1 Å². The number of halogens is 1. The zero-order valence-electron chi connectivity index (χ0n) is 9.63. The van der Waals surface area contributed by atoms with E-state index in [1.165, 1.54) is 15.2 Å². The molecule has 8 heteroatoms. The van der Waals surface area contributed by atoms with E-state index in [1.807, 2.05) is 6.92 Å². The number of hydrogen-bond acceptors (Lipinski definition) is 4. The zero-order valence-corrected chi connectivity index (χ0v) is 12.0. The molecule has 1 fully saturated rings. The second-order valence-corrected chi connectivity index (χ2v) is 7.30. The summed E-state index contributed by atoms with van der Waals surface area (Å²) in [6.45, 7) is 2.42. The molecule has 0 aromatic carbocycles. The minimum absolute atomic E-state index is 0.0168. The van der Waals surface area contributed by atoms with Crippen LogP contribution in [0, 0.1) is 0 Å². The number of rotatable bonds is 2. The zero-order chi connectivity index (χ0) is 12.6. The van der Waals surface area contributed by atoms with Crippen LogP contribution in [0.25, 0.3) is 0 Å². The summed E-state index contributed by atoms with van der Waals surface area (Å²) in [6, 6.07) is -0.0168. The van der Waals surface area contributed by atoms with Crippen LogP contribution < -0.4 is 0 Å². The lowest BCUT2D eigenvalue weighted by Gasteiger charge is -2.31. The molecule has 1 unspecified atom stereocenters. The van der Waals surface area contributed by atoms with Crippen LogP contribution in [0.1, 0.15) is 6.92 Å². The van der Waals surface area contributed by atoms with Crippen molar-refractivity contribution < 1.29 is 8.42 Å². The summed E-state index contributed by atoms with van der Waals surface area (Å²) in [7, 11) is -1.89. The third kappa shape index (κ3) is 2.33. The summed E-state index contributed by atoms with van der Waals surface area (Å²) in [5.74, 6) is 1.62. The van der Waals surface area contributed by atoms with E-state index in [0.717, 1.165) is 11.5 Å². The molecule has 2 heterocycles. The van der Waals surface area contributed by atoms with Crippen LogP contribution in [-0.4, -0.2) is 46.4 Å². The summed E-state index contributed by atoms with van der Waals surface area (Å²) in [6.07, 6.45) is 1.42. The first-order chi connectivity index (χ1) is 7.94. The summed E-state index contributed by atoms with van der Waals surface area (Å²) in [5.41, 5.74) is 0. The lowest BCUT2D eigenvalue weighted by atomic mass is 10.4. The molecule has 0 N–H and O–H groups in total. The van der Waals surface area contributed by atoms with E-state index >= 15 is 0 Å². The second kappa shape index (κ2) is 4.79. The van der Waals surface area contributed by atoms with Gasteiger partial charge in [0.1, 0.15) is 5.15 Å². The minimum atomic E-state index is -3.56. The van der Waals surface area contributed by atoms with Gasteiger partial charge in [-0.1, -0.05) is 11.6 Å². The molecule has 1 saturated heterocycles. The predicted octanol–water partition coefficient (Wildman–Crippen LogP) is 1.20. The summed E-state index contributed by atoms with van der Waals surface area (Å²) >= 11 is 7.71. The smallest absolute Gasteiger partial charge is 0.263 e. The van der Waals surface area contributed by atoms with Gasteiger partial charge in [0.2, 0.25) is 5.03 Å².